The van der Waals surface area contributed by atoms with E-state index in [4.69, 9.17) is 9.84 Å². The first kappa shape index (κ1) is 12.9. The molecule has 1 aliphatic rings. The molecule has 2 N–H and O–H groups in total. The lowest BCUT2D eigenvalue weighted by atomic mass is 10.1. The smallest absolute Gasteiger partial charge is 0.303 e. The molecule has 0 aliphatic heterocycles. The minimum atomic E-state index is -0.782. The Morgan fingerprint density at radius 1 is 1.28 bits per heavy atom. The molecular formula is C14H18O4. The third-order valence-corrected chi connectivity index (χ3v) is 3.21. The van der Waals surface area contributed by atoms with Crippen molar-refractivity contribution in [2.75, 3.05) is 0 Å². The number of carbonyl (C=O) groups is 1. The van der Waals surface area contributed by atoms with E-state index in [1.165, 1.54) is 0 Å². The van der Waals surface area contributed by atoms with Crippen LogP contribution in [0.5, 0.6) is 5.75 Å². The number of aliphatic hydroxyl groups excluding tert-OH is 1. The van der Waals surface area contributed by atoms with Crippen molar-refractivity contribution in [3.05, 3.63) is 29.8 Å². The number of hydrogen-bond donors (Lipinski definition) is 2. The van der Waals surface area contributed by atoms with Crippen molar-refractivity contribution in [3.63, 3.8) is 0 Å². The molecule has 0 radical (unpaired) electrons. The van der Waals surface area contributed by atoms with Crippen molar-refractivity contribution in [1.29, 1.82) is 0 Å². The zero-order valence-electron chi connectivity index (χ0n) is 10.2. The number of ether oxygens (including phenoxy) is 1. The summed E-state index contributed by atoms with van der Waals surface area (Å²) < 4.78 is 5.75. The Morgan fingerprint density at radius 2 is 2.00 bits per heavy atom. The molecule has 1 aromatic rings. The van der Waals surface area contributed by atoms with Gasteiger partial charge in [-0.05, 0) is 37.0 Å². The highest BCUT2D eigenvalue weighted by Crippen LogP contribution is 2.24. The van der Waals surface area contributed by atoms with Crippen LogP contribution in [-0.4, -0.2) is 28.4 Å². The third kappa shape index (κ3) is 3.74. The Labute approximate surface area is 106 Å². The van der Waals surface area contributed by atoms with Gasteiger partial charge in [0.1, 0.15) is 11.9 Å². The molecule has 2 atom stereocenters. The van der Waals surface area contributed by atoms with Gasteiger partial charge in [0.25, 0.3) is 0 Å². The molecule has 18 heavy (non-hydrogen) atoms. The van der Waals surface area contributed by atoms with Gasteiger partial charge in [-0.1, -0.05) is 12.1 Å². The SMILES string of the molecule is O=C(O)CCc1ccc(OC2CCC(O)C2)cc1. The van der Waals surface area contributed by atoms with Crippen molar-refractivity contribution in [2.24, 2.45) is 0 Å². The number of aliphatic hydroxyl groups is 1. The number of aryl methyl sites for hydroxylation is 1. The van der Waals surface area contributed by atoms with Crippen molar-refractivity contribution < 1.29 is 19.7 Å². The van der Waals surface area contributed by atoms with E-state index in [1.807, 2.05) is 24.3 Å². The average molecular weight is 250 g/mol. The normalized spacial score (nSPS) is 22.9. The standard InChI is InChI=1S/C14H18O4/c15-11-4-7-13(9-11)18-12-5-1-10(2-6-12)3-8-14(16)17/h1-2,5-6,11,13,15H,3-4,7-9H2,(H,16,17). The Kier molecular flexibility index (Phi) is 4.20. The fourth-order valence-corrected chi connectivity index (χ4v) is 2.20. The van der Waals surface area contributed by atoms with Gasteiger partial charge in [0, 0.05) is 12.8 Å². The van der Waals surface area contributed by atoms with Gasteiger partial charge in [0.2, 0.25) is 0 Å². The van der Waals surface area contributed by atoms with Gasteiger partial charge in [-0.15, -0.1) is 0 Å². The van der Waals surface area contributed by atoms with E-state index in [1.54, 1.807) is 0 Å². The first-order valence-corrected chi connectivity index (χ1v) is 6.29. The second kappa shape index (κ2) is 5.87. The van der Waals surface area contributed by atoms with Crippen molar-refractivity contribution in [1.82, 2.24) is 0 Å². The van der Waals surface area contributed by atoms with E-state index in [0.29, 0.717) is 12.8 Å². The summed E-state index contributed by atoms with van der Waals surface area (Å²) in [6, 6.07) is 7.51. The van der Waals surface area contributed by atoms with Crippen molar-refractivity contribution in [2.45, 2.75) is 44.3 Å². The number of aliphatic carboxylic acids is 1. The maximum atomic E-state index is 10.5. The molecule has 0 heterocycles. The van der Waals surface area contributed by atoms with Gasteiger partial charge in [-0.25, -0.2) is 0 Å². The highest BCUT2D eigenvalue weighted by molar-refractivity contribution is 5.67. The highest BCUT2D eigenvalue weighted by atomic mass is 16.5. The van der Waals surface area contributed by atoms with Crippen LogP contribution >= 0.6 is 0 Å². The van der Waals surface area contributed by atoms with Gasteiger partial charge >= 0.3 is 5.97 Å². The number of benzene rings is 1. The summed E-state index contributed by atoms with van der Waals surface area (Å²) in [6.07, 6.45) is 2.95. The fraction of sp³-hybridized carbons (Fsp3) is 0.500. The van der Waals surface area contributed by atoms with Crippen LogP contribution in [-0.2, 0) is 11.2 Å². The van der Waals surface area contributed by atoms with E-state index in [2.05, 4.69) is 0 Å². The van der Waals surface area contributed by atoms with Gasteiger partial charge in [-0.2, -0.15) is 0 Å². The summed E-state index contributed by atoms with van der Waals surface area (Å²) in [4.78, 5) is 10.5. The molecule has 0 amide bonds. The molecule has 1 saturated carbocycles. The summed E-state index contributed by atoms with van der Waals surface area (Å²) in [5.74, 6) is 0.00319. The number of carboxylic acid groups (broad SMARTS) is 1. The Hall–Kier alpha value is -1.55. The monoisotopic (exact) mass is 250 g/mol. The van der Waals surface area contributed by atoms with Crippen LogP contribution in [0, 0.1) is 0 Å². The highest BCUT2D eigenvalue weighted by Gasteiger charge is 2.24. The van der Waals surface area contributed by atoms with Gasteiger partial charge in [0.15, 0.2) is 0 Å². The second-order valence-corrected chi connectivity index (χ2v) is 4.74. The van der Waals surface area contributed by atoms with Gasteiger partial charge in [0.05, 0.1) is 6.10 Å². The lowest BCUT2D eigenvalue weighted by molar-refractivity contribution is -0.136. The largest absolute Gasteiger partial charge is 0.490 e. The maximum absolute atomic E-state index is 10.5. The molecule has 4 heteroatoms. The molecule has 1 aromatic carbocycles. The van der Waals surface area contributed by atoms with Crippen LogP contribution in [0.1, 0.15) is 31.2 Å². The van der Waals surface area contributed by atoms with Crippen LogP contribution in [0.2, 0.25) is 0 Å². The molecule has 1 fully saturated rings. The van der Waals surface area contributed by atoms with Crippen LogP contribution in [0.25, 0.3) is 0 Å². The third-order valence-electron chi connectivity index (χ3n) is 3.21. The van der Waals surface area contributed by atoms with E-state index in [9.17, 15) is 9.90 Å². The van der Waals surface area contributed by atoms with E-state index < -0.39 is 5.97 Å². The zero-order valence-corrected chi connectivity index (χ0v) is 10.2. The number of carboxylic acids is 1. The molecular weight excluding hydrogens is 232 g/mol. The van der Waals surface area contributed by atoms with E-state index >= 15 is 0 Å². The van der Waals surface area contributed by atoms with E-state index in [0.717, 1.165) is 24.2 Å². The first-order valence-electron chi connectivity index (χ1n) is 6.29. The predicted molar refractivity (Wildman–Crippen MR) is 66.7 cm³/mol. The predicted octanol–water partition coefficient (Wildman–Crippen LogP) is 2.00. The molecule has 1 aliphatic carbocycles. The first-order chi connectivity index (χ1) is 8.63. The second-order valence-electron chi connectivity index (χ2n) is 4.74. The molecule has 4 nitrogen and oxygen atoms in total. The summed E-state index contributed by atoms with van der Waals surface area (Å²) in [7, 11) is 0. The summed E-state index contributed by atoms with van der Waals surface area (Å²) >= 11 is 0. The summed E-state index contributed by atoms with van der Waals surface area (Å²) in [5, 5.41) is 18.0. The molecule has 0 bridgehead atoms. The fourth-order valence-electron chi connectivity index (χ4n) is 2.20. The summed E-state index contributed by atoms with van der Waals surface area (Å²) in [6.45, 7) is 0. The van der Waals surface area contributed by atoms with Crippen molar-refractivity contribution >= 4 is 5.97 Å². The average Bonchev–Trinajstić information content (AvgIpc) is 2.74. The Bertz CT molecular complexity index is 399. The quantitative estimate of drug-likeness (QED) is 0.838. The Morgan fingerprint density at radius 3 is 2.56 bits per heavy atom. The van der Waals surface area contributed by atoms with Gasteiger partial charge in [-0.3, -0.25) is 4.79 Å². The maximum Gasteiger partial charge on any atom is 0.303 e. The molecule has 0 saturated heterocycles. The van der Waals surface area contributed by atoms with Crippen LogP contribution < -0.4 is 4.74 Å². The van der Waals surface area contributed by atoms with Crippen LogP contribution in [0.4, 0.5) is 0 Å². The molecule has 2 rings (SSSR count). The zero-order chi connectivity index (χ0) is 13.0. The minimum absolute atomic E-state index is 0.102. The molecule has 2 unspecified atom stereocenters. The molecule has 98 valence electrons. The van der Waals surface area contributed by atoms with Crippen LogP contribution in [0.15, 0.2) is 24.3 Å². The lowest BCUT2D eigenvalue weighted by Gasteiger charge is -2.13. The molecule has 0 spiro atoms. The molecule has 0 aromatic heterocycles. The number of rotatable bonds is 5. The van der Waals surface area contributed by atoms with Crippen molar-refractivity contribution in [3.8, 4) is 5.75 Å². The number of hydrogen-bond acceptors (Lipinski definition) is 3. The topological polar surface area (TPSA) is 66.8 Å². The lowest BCUT2D eigenvalue weighted by Crippen LogP contribution is -2.13. The van der Waals surface area contributed by atoms with Crippen LogP contribution in [0.3, 0.4) is 0 Å². The van der Waals surface area contributed by atoms with E-state index in [-0.39, 0.29) is 18.6 Å². The Balaban J connectivity index is 1.85. The van der Waals surface area contributed by atoms with Gasteiger partial charge < -0.3 is 14.9 Å². The minimum Gasteiger partial charge on any atom is -0.490 e. The summed E-state index contributed by atoms with van der Waals surface area (Å²) in [5.41, 5.74) is 0.996.